The van der Waals surface area contributed by atoms with Crippen molar-refractivity contribution >= 4 is 0 Å². The SMILES string of the molecule is C#CCOc1ccc(CN2CCC(c3ccnn3CCO)CC2)cc1. The van der Waals surface area contributed by atoms with E-state index in [9.17, 15) is 0 Å². The van der Waals surface area contributed by atoms with Crippen LogP contribution in [-0.4, -0.2) is 46.1 Å². The van der Waals surface area contributed by atoms with Gasteiger partial charge < -0.3 is 9.84 Å². The van der Waals surface area contributed by atoms with Crippen molar-refractivity contribution in [3.63, 3.8) is 0 Å². The predicted molar refractivity (Wildman–Crippen MR) is 97.3 cm³/mol. The molecule has 132 valence electrons. The summed E-state index contributed by atoms with van der Waals surface area (Å²) in [5.41, 5.74) is 2.54. The van der Waals surface area contributed by atoms with Gasteiger partial charge in [-0.05, 0) is 49.7 Å². The molecule has 1 aromatic heterocycles. The lowest BCUT2D eigenvalue weighted by Gasteiger charge is -2.32. The topological polar surface area (TPSA) is 50.5 Å². The van der Waals surface area contributed by atoms with E-state index >= 15 is 0 Å². The zero-order chi connectivity index (χ0) is 17.5. The van der Waals surface area contributed by atoms with Gasteiger partial charge in [-0.2, -0.15) is 5.10 Å². The molecule has 1 fully saturated rings. The number of likely N-dealkylation sites (tertiary alicyclic amines) is 1. The maximum Gasteiger partial charge on any atom is 0.148 e. The highest BCUT2D eigenvalue weighted by Crippen LogP contribution is 2.28. The van der Waals surface area contributed by atoms with Crippen molar-refractivity contribution in [2.45, 2.75) is 31.8 Å². The van der Waals surface area contributed by atoms with Gasteiger partial charge in [-0.25, -0.2) is 0 Å². The van der Waals surface area contributed by atoms with Crippen molar-refractivity contribution in [1.82, 2.24) is 14.7 Å². The number of benzene rings is 1. The number of aromatic nitrogens is 2. The second-order valence-electron chi connectivity index (χ2n) is 6.39. The van der Waals surface area contributed by atoms with Crippen molar-refractivity contribution in [1.29, 1.82) is 0 Å². The normalized spacial score (nSPS) is 15.8. The molecule has 0 amide bonds. The molecule has 1 aromatic carbocycles. The Morgan fingerprint density at radius 1 is 1.20 bits per heavy atom. The van der Waals surface area contributed by atoms with Gasteiger partial charge in [0, 0.05) is 24.4 Å². The fraction of sp³-hybridized carbons (Fsp3) is 0.450. The van der Waals surface area contributed by atoms with Gasteiger partial charge in [0.05, 0.1) is 13.2 Å². The van der Waals surface area contributed by atoms with E-state index in [2.05, 4.69) is 34.1 Å². The summed E-state index contributed by atoms with van der Waals surface area (Å²) in [7, 11) is 0. The summed E-state index contributed by atoms with van der Waals surface area (Å²) in [6.45, 7) is 4.12. The lowest BCUT2D eigenvalue weighted by atomic mass is 9.93. The molecular formula is C20H25N3O2. The Morgan fingerprint density at radius 2 is 1.96 bits per heavy atom. The first-order chi connectivity index (χ1) is 12.3. The van der Waals surface area contributed by atoms with E-state index in [-0.39, 0.29) is 6.61 Å². The molecule has 5 nitrogen and oxygen atoms in total. The minimum absolute atomic E-state index is 0.134. The monoisotopic (exact) mass is 339 g/mol. The Bertz CT molecular complexity index is 694. The number of nitrogens with zero attached hydrogens (tertiary/aromatic N) is 3. The Hall–Kier alpha value is -2.29. The van der Waals surface area contributed by atoms with E-state index in [1.54, 1.807) is 0 Å². The van der Waals surface area contributed by atoms with Gasteiger partial charge in [-0.3, -0.25) is 9.58 Å². The van der Waals surface area contributed by atoms with Crippen molar-refractivity contribution in [3.05, 3.63) is 47.8 Å². The number of hydrogen-bond acceptors (Lipinski definition) is 4. The van der Waals surface area contributed by atoms with Crippen LogP contribution in [0.2, 0.25) is 0 Å². The van der Waals surface area contributed by atoms with Crippen LogP contribution in [0.15, 0.2) is 36.5 Å². The summed E-state index contributed by atoms with van der Waals surface area (Å²) in [6, 6.07) is 10.3. The van der Waals surface area contributed by atoms with Crippen molar-refractivity contribution < 1.29 is 9.84 Å². The fourth-order valence-electron chi connectivity index (χ4n) is 3.43. The number of piperidine rings is 1. The van der Waals surface area contributed by atoms with Crippen molar-refractivity contribution in [3.8, 4) is 18.1 Å². The van der Waals surface area contributed by atoms with Crippen LogP contribution in [0.3, 0.4) is 0 Å². The first-order valence-electron chi connectivity index (χ1n) is 8.80. The summed E-state index contributed by atoms with van der Waals surface area (Å²) in [5.74, 6) is 3.82. The Morgan fingerprint density at radius 3 is 2.64 bits per heavy atom. The number of ether oxygens (including phenoxy) is 1. The quantitative estimate of drug-likeness (QED) is 0.786. The molecule has 0 atom stereocenters. The molecule has 3 rings (SSSR count). The molecule has 1 saturated heterocycles. The van der Waals surface area contributed by atoms with Crippen molar-refractivity contribution in [2.75, 3.05) is 26.3 Å². The van der Waals surface area contributed by atoms with E-state index in [4.69, 9.17) is 16.3 Å². The van der Waals surface area contributed by atoms with E-state index in [1.807, 2.05) is 23.0 Å². The third-order valence-corrected chi connectivity index (χ3v) is 4.72. The summed E-state index contributed by atoms with van der Waals surface area (Å²) < 4.78 is 7.35. The molecule has 1 N–H and O–H groups in total. The Labute approximate surface area is 149 Å². The highest BCUT2D eigenvalue weighted by Gasteiger charge is 2.23. The van der Waals surface area contributed by atoms with Gasteiger partial charge in [-0.15, -0.1) is 6.42 Å². The highest BCUT2D eigenvalue weighted by atomic mass is 16.5. The molecular weight excluding hydrogens is 314 g/mol. The smallest absolute Gasteiger partial charge is 0.148 e. The number of terminal acetylenes is 1. The molecule has 0 bridgehead atoms. The lowest BCUT2D eigenvalue weighted by Crippen LogP contribution is -2.33. The third kappa shape index (κ3) is 4.62. The van der Waals surface area contributed by atoms with Crippen LogP contribution in [0.5, 0.6) is 5.75 Å². The van der Waals surface area contributed by atoms with Crippen LogP contribution in [-0.2, 0) is 13.1 Å². The molecule has 5 heteroatoms. The molecule has 25 heavy (non-hydrogen) atoms. The van der Waals surface area contributed by atoms with Crippen LogP contribution >= 0.6 is 0 Å². The summed E-state index contributed by atoms with van der Waals surface area (Å²) in [5, 5.41) is 13.5. The molecule has 0 saturated carbocycles. The number of hydrogen-bond donors (Lipinski definition) is 1. The molecule has 0 spiro atoms. The average molecular weight is 339 g/mol. The first kappa shape index (κ1) is 17.5. The molecule has 0 unspecified atom stereocenters. The highest BCUT2D eigenvalue weighted by molar-refractivity contribution is 5.27. The first-order valence-corrected chi connectivity index (χ1v) is 8.80. The van der Waals surface area contributed by atoms with Crippen LogP contribution in [0.4, 0.5) is 0 Å². The molecule has 0 aliphatic carbocycles. The molecule has 1 aliphatic rings. The van der Waals surface area contributed by atoms with Crippen LogP contribution in [0.25, 0.3) is 0 Å². The molecule has 1 aliphatic heterocycles. The standard InChI is InChI=1S/C20H25N3O2/c1-2-15-25-19-5-3-17(4-6-19)16-22-11-8-18(9-12-22)20-7-10-21-23(20)13-14-24/h1,3-7,10,18,24H,8-9,11-16H2. The Balaban J connectivity index is 1.51. The largest absolute Gasteiger partial charge is 0.481 e. The van der Waals surface area contributed by atoms with Gasteiger partial charge in [0.1, 0.15) is 12.4 Å². The Kier molecular flexibility index (Phi) is 6.10. The minimum atomic E-state index is 0.134. The zero-order valence-electron chi connectivity index (χ0n) is 14.5. The van der Waals surface area contributed by atoms with E-state index in [0.29, 0.717) is 19.1 Å². The van der Waals surface area contributed by atoms with Gasteiger partial charge in [-0.1, -0.05) is 18.1 Å². The predicted octanol–water partition coefficient (Wildman–Crippen LogP) is 2.27. The number of rotatable bonds is 7. The second-order valence-corrected chi connectivity index (χ2v) is 6.39. The van der Waals surface area contributed by atoms with Gasteiger partial charge in [0.2, 0.25) is 0 Å². The summed E-state index contributed by atoms with van der Waals surface area (Å²) in [4.78, 5) is 2.49. The van der Waals surface area contributed by atoms with E-state index < -0.39 is 0 Å². The fourth-order valence-corrected chi connectivity index (χ4v) is 3.43. The maximum absolute atomic E-state index is 9.15. The molecule has 2 aromatic rings. The van der Waals surface area contributed by atoms with Gasteiger partial charge >= 0.3 is 0 Å². The number of aliphatic hydroxyl groups is 1. The average Bonchev–Trinajstić information content (AvgIpc) is 3.10. The van der Waals surface area contributed by atoms with Crippen LogP contribution in [0, 0.1) is 12.3 Å². The summed E-state index contributed by atoms with van der Waals surface area (Å²) in [6.07, 6.45) is 9.29. The van der Waals surface area contributed by atoms with Crippen molar-refractivity contribution in [2.24, 2.45) is 0 Å². The van der Waals surface area contributed by atoms with Gasteiger partial charge in [0.15, 0.2) is 0 Å². The van der Waals surface area contributed by atoms with Gasteiger partial charge in [0.25, 0.3) is 0 Å². The second kappa shape index (κ2) is 8.70. The van der Waals surface area contributed by atoms with Crippen LogP contribution in [0.1, 0.15) is 30.0 Å². The van der Waals surface area contributed by atoms with E-state index in [0.717, 1.165) is 38.2 Å². The third-order valence-electron chi connectivity index (χ3n) is 4.72. The molecule has 2 heterocycles. The van der Waals surface area contributed by atoms with Crippen LogP contribution < -0.4 is 4.74 Å². The summed E-state index contributed by atoms with van der Waals surface area (Å²) >= 11 is 0. The maximum atomic E-state index is 9.15. The number of aliphatic hydroxyl groups excluding tert-OH is 1. The minimum Gasteiger partial charge on any atom is -0.481 e. The lowest BCUT2D eigenvalue weighted by molar-refractivity contribution is 0.199. The van der Waals surface area contributed by atoms with E-state index in [1.165, 1.54) is 11.3 Å². The molecule has 0 radical (unpaired) electrons. The zero-order valence-corrected chi connectivity index (χ0v) is 14.5.